The summed E-state index contributed by atoms with van der Waals surface area (Å²) < 4.78 is 42.5. The van der Waals surface area contributed by atoms with E-state index in [0.717, 1.165) is 22.3 Å². The molecular weight excluding hydrogens is 411 g/mol. The van der Waals surface area contributed by atoms with Crippen molar-refractivity contribution in [3.05, 3.63) is 59.7 Å². The summed E-state index contributed by atoms with van der Waals surface area (Å²) in [5.74, 6) is -1.24. The second-order valence-electron chi connectivity index (χ2n) is 7.51. The molecule has 8 heteroatoms. The Morgan fingerprint density at radius 2 is 1.52 bits per heavy atom. The van der Waals surface area contributed by atoms with Gasteiger partial charge in [-0.1, -0.05) is 48.5 Å². The van der Waals surface area contributed by atoms with Crippen molar-refractivity contribution < 1.29 is 32.6 Å². The Bertz CT molecular complexity index is 884. The first-order valence-electron chi connectivity index (χ1n) is 10.1. The predicted octanol–water partition coefficient (Wildman–Crippen LogP) is 5.44. The van der Waals surface area contributed by atoms with Gasteiger partial charge in [0.15, 0.2) is 0 Å². The Labute approximate surface area is 178 Å². The topological polar surface area (TPSA) is 66.8 Å². The Morgan fingerprint density at radius 3 is 2.06 bits per heavy atom. The number of nitrogens with zero attached hydrogens (tertiary/aromatic N) is 1. The predicted molar refractivity (Wildman–Crippen MR) is 109 cm³/mol. The van der Waals surface area contributed by atoms with E-state index in [4.69, 9.17) is 9.84 Å². The van der Waals surface area contributed by atoms with Crippen LogP contribution in [0.5, 0.6) is 0 Å². The fourth-order valence-corrected chi connectivity index (χ4v) is 3.84. The van der Waals surface area contributed by atoms with Crippen LogP contribution in [-0.2, 0) is 9.53 Å². The van der Waals surface area contributed by atoms with Gasteiger partial charge in [0.2, 0.25) is 0 Å². The van der Waals surface area contributed by atoms with Crippen molar-refractivity contribution in [2.75, 3.05) is 19.7 Å². The van der Waals surface area contributed by atoms with Gasteiger partial charge in [-0.25, -0.2) is 4.79 Å². The van der Waals surface area contributed by atoms with Crippen molar-refractivity contribution in [1.82, 2.24) is 4.90 Å². The Hall–Kier alpha value is -3.03. The Balaban J connectivity index is 1.64. The van der Waals surface area contributed by atoms with Gasteiger partial charge in [-0.15, -0.1) is 0 Å². The van der Waals surface area contributed by atoms with Crippen molar-refractivity contribution in [3.8, 4) is 11.1 Å². The molecule has 166 valence electrons. The molecule has 2 aromatic rings. The van der Waals surface area contributed by atoms with E-state index < -0.39 is 24.7 Å². The zero-order valence-corrected chi connectivity index (χ0v) is 16.9. The molecular formula is C23H24F3NO4. The molecule has 0 spiro atoms. The van der Waals surface area contributed by atoms with Crippen LogP contribution in [0.2, 0.25) is 0 Å². The fraction of sp³-hybridized carbons (Fsp3) is 0.391. The molecule has 0 saturated carbocycles. The van der Waals surface area contributed by atoms with E-state index >= 15 is 0 Å². The van der Waals surface area contributed by atoms with Crippen molar-refractivity contribution in [2.45, 2.75) is 37.8 Å². The minimum Gasteiger partial charge on any atom is -0.481 e. The number of carboxylic acids is 1. The lowest BCUT2D eigenvalue weighted by molar-refractivity contribution is -0.137. The van der Waals surface area contributed by atoms with Gasteiger partial charge in [0, 0.05) is 25.4 Å². The third-order valence-electron chi connectivity index (χ3n) is 5.33. The standard InChI is InChI=1S/C23H24F3NO4/c24-23(25,26)12-5-6-13-27(14-11-21(28)29)22(30)31-15-20-18-9-3-1-7-16(18)17-8-2-4-10-19(17)20/h1-4,7-10,20H,5-6,11-15H2,(H,28,29). The molecule has 0 aliphatic heterocycles. The van der Waals surface area contributed by atoms with Crippen molar-refractivity contribution in [3.63, 3.8) is 0 Å². The first kappa shape index (κ1) is 22.7. The van der Waals surface area contributed by atoms with Crippen LogP contribution in [0, 0.1) is 0 Å². The lowest BCUT2D eigenvalue weighted by Gasteiger charge is -2.23. The number of ether oxygens (including phenoxy) is 1. The highest BCUT2D eigenvalue weighted by molar-refractivity contribution is 5.79. The quantitative estimate of drug-likeness (QED) is 0.533. The first-order chi connectivity index (χ1) is 14.8. The third-order valence-corrected chi connectivity index (χ3v) is 5.33. The number of rotatable bonds is 9. The molecule has 1 aliphatic carbocycles. The first-order valence-corrected chi connectivity index (χ1v) is 10.1. The maximum Gasteiger partial charge on any atom is 0.409 e. The Kier molecular flexibility index (Phi) is 7.20. The number of amides is 1. The molecule has 3 rings (SSSR count). The highest BCUT2D eigenvalue weighted by Crippen LogP contribution is 2.44. The van der Waals surface area contributed by atoms with Crippen molar-refractivity contribution in [1.29, 1.82) is 0 Å². The van der Waals surface area contributed by atoms with Crippen LogP contribution in [-0.4, -0.2) is 47.9 Å². The SMILES string of the molecule is O=C(O)CCN(CCCCC(F)(F)F)C(=O)OCC1c2ccccc2-c2ccccc21. The van der Waals surface area contributed by atoms with E-state index in [-0.39, 0.29) is 44.9 Å². The van der Waals surface area contributed by atoms with Gasteiger partial charge >= 0.3 is 18.2 Å². The molecule has 1 aliphatic rings. The molecule has 31 heavy (non-hydrogen) atoms. The third kappa shape index (κ3) is 5.99. The number of carbonyl (C=O) groups is 2. The molecule has 2 aromatic carbocycles. The smallest absolute Gasteiger partial charge is 0.409 e. The molecule has 1 amide bonds. The highest BCUT2D eigenvalue weighted by Gasteiger charge is 2.30. The lowest BCUT2D eigenvalue weighted by Crippen LogP contribution is -2.35. The lowest BCUT2D eigenvalue weighted by atomic mass is 9.98. The van der Waals surface area contributed by atoms with Gasteiger partial charge in [-0.3, -0.25) is 4.79 Å². The van der Waals surface area contributed by atoms with Gasteiger partial charge in [0.25, 0.3) is 0 Å². The molecule has 0 heterocycles. The number of carboxylic acid groups (broad SMARTS) is 1. The van der Waals surface area contributed by atoms with E-state index in [2.05, 4.69) is 0 Å². The minimum absolute atomic E-state index is 0.0139. The summed E-state index contributed by atoms with van der Waals surface area (Å²) in [5, 5.41) is 8.92. The summed E-state index contributed by atoms with van der Waals surface area (Å²) in [7, 11) is 0. The summed E-state index contributed by atoms with van der Waals surface area (Å²) >= 11 is 0. The summed E-state index contributed by atoms with van der Waals surface area (Å²) in [4.78, 5) is 24.7. The number of benzene rings is 2. The van der Waals surface area contributed by atoms with Crippen LogP contribution in [0.25, 0.3) is 11.1 Å². The fourth-order valence-electron chi connectivity index (χ4n) is 3.84. The normalized spacial score (nSPS) is 12.9. The van der Waals surface area contributed by atoms with Crippen LogP contribution in [0.15, 0.2) is 48.5 Å². The van der Waals surface area contributed by atoms with E-state index in [1.807, 2.05) is 48.5 Å². The number of aliphatic carboxylic acids is 1. The molecule has 0 bridgehead atoms. The molecule has 0 atom stereocenters. The molecule has 0 saturated heterocycles. The van der Waals surface area contributed by atoms with Crippen LogP contribution in [0.1, 0.15) is 42.7 Å². The van der Waals surface area contributed by atoms with Gasteiger partial charge in [-0.2, -0.15) is 13.2 Å². The number of carbonyl (C=O) groups excluding carboxylic acids is 1. The molecule has 0 fully saturated rings. The summed E-state index contributed by atoms with van der Waals surface area (Å²) in [6.45, 7) is -0.0307. The zero-order valence-electron chi connectivity index (χ0n) is 16.9. The average Bonchev–Trinajstić information content (AvgIpc) is 3.04. The zero-order chi connectivity index (χ0) is 22.4. The van der Waals surface area contributed by atoms with Gasteiger partial charge in [0.1, 0.15) is 6.61 Å². The van der Waals surface area contributed by atoms with Crippen LogP contribution >= 0.6 is 0 Å². The van der Waals surface area contributed by atoms with Gasteiger partial charge < -0.3 is 14.7 Å². The molecule has 5 nitrogen and oxygen atoms in total. The molecule has 0 aromatic heterocycles. The maximum atomic E-state index is 12.6. The van der Waals surface area contributed by atoms with Crippen molar-refractivity contribution >= 4 is 12.1 Å². The van der Waals surface area contributed by atoms with E-state index in [1.165, 1.54) is 4.90 Å². The Morgan fingerprint density at radius 1 is 0.935 bits per heavy atom. The van der Waals surface area contributed by atoms with E-state index in [9.17, 15) is 22.8 Å². The van der Waals surface area contributed by atoms with Crippen LogP contribution in [0.4, 0.5) is 18.0 Å². The second kappa shape index (κ2) is 9.85. The minimum atomic E-state index is -4.25. The number of hydrogen-bond donors (Lipinski definition) is 1. The van der Waals surface area contributed by atoms with E-state index in [1.54, 1.807) is 0 Å². The number of unbranched alkanes of at least 4 members (excludes halogenated alkanes) is 1. The average molecular weight is 435 g/mol. The number of halogens is 3. The van der Waals surface area contributed by atoms with Crippen LogP contribution < -0.4 is 0 Å². The largest absolute Gasteiger partial charge is 0.481 e. The maximum absolute atomic E-state index is 12.6. The number of alkyl halides is 3. The van der Waals surface area contributed by atoms with Crippen molar-refractivity contribution in [2.24, 2.45) is 0 Å². The summed E-state index contributed by atoms with van der Waals surface area (Å²) in [6.07, 6.45) is -6.23. The number of hydrogen-bond acceptors (Lipinski definition) is 3. The molecule has 0 radical (unpaired) electrons. The van der Waals surface area contributed by atoms with Gasteiger partial charge in [-0.05, 0) is 35.1 Å². The molecule has 1 N–H and O–H groups in total. The summed E-state index contributed by atoms with van der Waals surface area (Å²) in [5.41, 5.74) is 4.24. The highest BCUT2D eigenvalue weighted by atomic mass is 19.4. The second-order valence-corrected chi connectivity index (χ2v) is 7.51. The van der Waals surface area contributed by atoms with Gasteiger partial charge in [0.05, 0.1) is 6.42 Å². The summed E-state index contributed by atoms with van der Waals surface area (Å²) in [6, 6.07) is 15.7. The molecule has 0 unspecified atom stereocenters. The van der Waals surface area contributed by atoms with Crippen LogP contribution in [0.3, 0.4) is 0 Å². The van der Waals surface area contributed by atoms with E-state index in [0.29, 0.717) is 0 Å². The monoisotopic (exact) mass is 435 g/mol. The number of fused-ring (bicyclic) bond motifs is 3.